The SMILES string of the molecule is Cc1ccc2c(c1)c(CCCO)c(C)n2CCO. The Kier molecular flexibility index (Phi) is 4.04. The smallest absolute Gasteiger partial charge is 0.0610 e. The van der Waals surface area contributed by atoms with Crippen LogP contribution in [0.2, 0.25) is 0 Å². The number of nitrogens with zero attached hydrogens (tertiary/aromatic N) is 1. The fraction of sp³-hybridized carbons (Fsp3) is 0.467. The van der Waals surface area contributed by atoms with E-state index >= 15 is 0 Å². The topological polar surface area (TPSA) is 45.4 Å². The molecule has 1 aromatic heterocycles. The van der Waals surface area contributed by atoms with E-state index in [9.17, 15) is 5.11 Å². The quantitative estimate of drug-likeness (QED) is 0.850. The second-order valence-electron chi connectivity index (χ2n) is 4.79. The summed E-state index contributed by atoms with van der Waals surface area (Å²) in [5.41, 5.74) is 4.93. The molecule has 0 aliphatic rings. The van der Waals surface area contributed by atoms with Crippen molar-refractivity contribution >= 4 is 10.9 Å². The Bertz CT molecular complexity index is 543. The Morgan fingerprint density at radius 1 is 1.11 bits per heavy atom. The summed E-state index contributed by atoms with van der Waals surface area (Å²) in [6, 6.07) is 6.42. The molecule has 0 unspecified atom stereocenters. The van der Waals surface area contributed by atoms with Gasteiger partial charge in [0.2, 0.25) is 0 Å². The van der Waals surface area contributed by atoms with Crippen LogP contribution >= 0.6 is 0 Å². The van der Waals surface area contributed by atoms with E-state index in [2.05, 4.69) is 36.6 Å². The second kappa shape index (κ2) is 5.55. The van der Waals surface area contributed by atoms with Crippen molar-refractivity contribution in [2.45, 2.75) is 33.2 Å². The molecule has 0 fully saturated rings. The fourth-order valence-corrected chi connectivity index (χ4v) is 2.63. The van der Waals surface area contributed by atoms with Gasteiger partial charge >= 0.3 is 0 Å². The molecule has 0 atom stereocenters. The Labute approximate surface area is 108 Å². The monoisotopic (exact) mass is 247 g/mol. The summed E-state index contributed by atoms with van der Waals surface area (Å²) in [5, 5.41) is 19.4. The molecule has 2 rings (SSSR count). The number of aryl methyl sites for hydroxylation is 2. The van der Waals surface area contributed by atoms with Crippen LogP contribution in [-0.2, 0) is 13.0 Å². The first-order chi connectivity index (χ1) is 8.69. The van der Waals surface area contributed by atoms with Gasteiger partial charge in [-0.15, -0.1) is 0 Å². The maximum atomic E-state index is 9.18. The maximum absolute atomic E-state index is 9.18. The standard InChI is InChI=1S/C15H21NO2/c1-11-5-6-15-14(10-11)13(4-3-8-17)12(2)16(15)7-9-18/h5-6,10,17-18H,3-4,7-9H2,1-2H3. The van der Waals surface area contributed by atoms with Crippen molar-refractivity contribution in [3.05, 3.63) is 35.0 Å². The molecule has 98 valence electrons. The summed E-state index contributed by atoms with van der Waals surface area (Å²) < 4.78 is 2.17. The van der Waals surface area contributed by atoms with Gasteiger partial charge in [-0.05, 0) is 44.4 Å². The van der Waals surface area contributed by atoms with E-state index in [0.29, 0.717) is 6.54 Å². The molecule has 2 aromatic rings. The Morgan fingerprint density at radius 3 is 2.56 bits per heavy atom. The maximum Gasteiger partial charge on any atom is 0.0610 e. The molecule has 2 N–H and O–H groups in total. The van der Waals surface area contributed by atoms with Crippen molar-refractivity contribution < 1.29 is 10.2 Å². The first kappa shape index (κ1) is 13.1. The number of hydrogen-bond acceptors (Lipinski definition) is 2. The highest BCUT2D eigenvalue weighted by Gasteiger charge is 2.13. The van der Waals surface area contributed by atoms with Crippen LogP contribution in [0.15, 0.2) is 18.2 Å². The number of aliphatic hydroxyl groups is 2. The Hall–Kier alpha value is -1.32. The highest BCUT2D eigenvalue weighted by molar-refractivity contribution is 5.86. The third-order valence-electron chi connectivity index (χ3n) is 3.52. The zero-order chi connectivity index (χ0) is 13.1. The third kappa shape index (κ3) is 2.28. The van der Waals surface area contributed by atoms with Crippen molar-refractivity contribution in [1.29, 1.82) is 0 Å². The van der Waals surface area contributed by atoms with Gasteiger partial charge < -0.3 is 14.8 Å². The minimum atomic E-state index is 0.151. The van der Waals surface area contributed by atoms with Crippen LogP contribution in [0.1, 0.15) is 23.2 Å². The molecular weight excluding hydrogens is 226 g/mol. The van der Waals surface area contributed by atoms with Gasteiger partial charge in [-0.2, -0.15) is 0 Å². The summed E-state index contributed by atoms with van der Waals surface area (Å²) in [4.78, 5) is 0. The van der Waals surface area contributed by atoms with Crippen LogP contribution in [0.5, 0.6) is 0 Å². The van der Waals surface area contributed by atoms with Crippen molar-refractivity contribution in [2.24, 2.45) is 0 Å². The molecule has 0 bridgehead atoms. The molecule has 1 aromatic carbocycles. The molecule has 3 heteroatoms. The summed E-state index contributed by atoms with van der Waals surface area (Å²) >= 11 is 0. The lowest BCUT2D eigenvalue weighted by atomic mass is 10.0. The summed E-state index contributed by atoms with van der Waals surface area (Å²) in [6.07, 6.45) is 1.67. The molecule has 0 aliphatic carbocycles. The van der Waals surface area contributed by atoms with Crippen molar-refractivity contribution in [1.82, 2.24) is 4.57 Å². The Morgan fingerprint density at radius 2 is 1.89 bits per heavy atom. The third-order valence-corrected chi connectivity index (χ3v) is 3.52. The van der Waals surface area contributed by atoms with Crippen molar-refractivity contribution in [3.8, 4) is 0 Å². The van der Waals surface area contributed by atoms with E-state index in [1.165, 1.54) is 27.7 Å². The highest BCUT2D eigenvalue weighted by atomic mass is 16.3. The van der Waals surface area contributed by atoms with Crippen LogP contribution in [-0.4, -0.2) is 28.0 Å². The second-order valence-corrected chi connectivity index (χ2v) is 4.79. The van der Waals surface area contributed by atoms with E-state index in [0.717, 1.165) is 12.8 Å². The molecule has 0 amide bonds. The van der Waals surface area contributed by atoms with Gasteiger partial charge in [0.25, 0.3) is 0 Å². The van der Waals surface area contributed by atoms with E-state index in [1.54, 1.807) is 0 Å². The van der Waals surface area contributed by atoms with Crippen LogP contribution in [0.3, 0.4) is 0 Å². The van der Waals surface area contributed by atoms with E-state index < -0.39 is 0 Å². The van der Waals surface area contributed by atoms with Gasteiger partial charge in [-0.25, -0.2) is 0 Å². The van der Waals surface area contributed by atoms with Gasteiger partial charge in [0.1, 0.15) is 0 Å². The zero-order valence-electron chi connectivity index (χ0n) is 11.1. The minimum Gasteiger partial charge on any atom is -0.396 e. The minimum absolute atomic E-state index is 0.151. The number of hydrogen-bond donors (Lipinski definition) is 2. The van der Waals surface area contributed by atoms with Crippen LogP contribution in [0, 0.1) is 13.8 Å². The van der Waals surface area contributed by atoms with E-state index in [4.69, 9.17) is 5.11 Å². The van der Waals surface area contributed by atoms with E-state index in [1.807, 2.05) is 0 Å². The van der Waals surface area contributed by atoms with Crippen molar-refractivity contribution in [2.75, 3.05) is 13.2 Å². The fourth-order valence-electron chi connectivity index (χ4n) is 2.63. The molecule has 0 saturated heterocycles. The van der Waals surface area contributed by atoms with Gasteiger partial charge in [-0.3, -0.25) is 0 Å². The molecular formula is C15H21NO2. The molecule has 18 heavy (non-hydrogen) atoms. The molecule has 1 heterocycles. The number of benzene rings is 1. The summed E-state index contributed by atoms with van der Waals surface area (Å²) in [6.45, 7) is 5.19. The molecule has 0 radical (unpaired) electrons. The lowest BCUT2D eigenvalue weighted by Crippen LogP contribution is -2.04. The average molecular weight is 247 g/mol. The van der Waals surface area contributed by atoms with Crippen LogP contribution in [0.4, 0.5) is 0 Å². The van der Waals surface area contributed by atoms with Gasteiger partial charge in [0.05, 0.1) is 6.61 Å². The molecule has 3 nitrogen and oxygen atoms in total. The normalized spacial score (nSPS) is 11.3. The summed E-state index contributed by atoms with van der Waals surface area (Å²) in [5.74, 6) is 0. The van der Waals surface area contributed by atoms with Crippen LogP contribution < -0.4 is 0 Å². The number of aliphatic hydroxyl groups excluding tert-OH is 2. The number of fused-ring (bicyclic) bond motifs is 1. The Balaban J connectivity index is 2.59. The first-order valence-corrected chi connectivity index (χ1v) is 6.49. The van der Waals surface area contributed by atoms with Gasteiger partial charge in [0, 0.05) is 29.7 Å². The molecule has 0 saturated carbocycles. The first-order valence-electron chi connectivity index (χ1n) is 6.49. The lowest BCUT2D eigenvalue weighted by molar-refractivity contribution is 0.276. The largest absolute Gasteiger partial charge is 0.396 e. The van der Waals surface area contributed by atoms with Gasteiger partial charge in [-0.1, -0.05) is 11.6 Å². The average Bonchev–Trinajstić information content (AvgIpc) is 2.60. The van der Waals surface area contributed by atoms with E-state index in [-0.39, 0.29) is 13.2 Å². The number of rotatable bonds is 5. The van der Waals surface area contributed by atoms with Gasteiger partial charge in [0.15, 0.2) is 0 Å². The van der Waals surface area contributed by atoms with Crippen molar-refractivity contribution in [3.63, 3.8) is 0 Å². The number of aromatic nitrogens is 1. The van der Waals surface area contributed by atoms with Crippen LogP contribution in [0.25, 0.3) is 10.9 Å². The molecule has 0 aliphatic heterocycles. The predicted molar refractivity (Wildman–Crippen MR) is 73.9 cm³/mol. The highest BCUT2D eigenvalue weighted by Crippen LogP contribution is 2.27. The zero-order valence-corrected chi connectivity index (χ0v) is 11.1. The molecule has 0 spiro atoms. The lowest BCUT2D eigenvalue weighted by Gasteiger charge is -2.06. The predicted octanol–water partition coefficient (Wildman–Crippen LogP) is 2.18. The summed E-state index contributed by atoms with van der Waals surface area (Å²) in [7, 11) is 0.